The van der Waals surface area contributed by atoms with Crippen molar-refractivity contribution in [3.05, 3.63) is 35.4 Å². The molecule has 0 unspecified atom stereocenters. The minimum absolute atomic E-state index is 0.0353. The Kier molecular flexibility index (Phi) is 16.3. The standard InChI is InChI=1S/C42H64N4O12/c1-12-33-42(8,52)34-18-31(44-27(6)47)23(2)19-41(7,54-22-30(21-53-34)45-55-20-28-13-15-29(16-14-28)38(50)43-9)37(25(4)35(48)26(5)39(51)57-33)58-40-36(49)32(46(10)11)17-24(3)56-40/h13-16,23-26,32-34,36-37,40,49,52H,12,17-22H2,1-11H3,(H,43,50)/b44-31?,45-30-/t23-,24-,25+,26-,32+,33+,34+,36-,37-,40+,41-,42-/m1/s1. The van der Waals surface area contributed by atoms with Crippen LogP contribution in [0.4, 0.5) is 0 Å². The molecule has 16 heteroatoms. The van der Waals surface area contributed by atoms with Crippen molar-refractivity contribution < 1.29 is 57.9 Å². The van der Waals surface area contributed by atoms with E-state index in [1.54, 1.807) is 52.1 Å². The summed E-state index contributed by atoms with van der Waals surface area (Å²) >= 11 is 0. The molecule has 12 atom stereocenters. The van der Waals surface area contributed by atoms with E-state index >= 15 is 0 Å². The summed E-state index contributed by atoms with van der Waals surface area (Å²) < 4.78 is 32.1. The minimum atomic E-state index is -1.84. The Morgan fingerprint density at radius 3 is 2.34 bits per heavy atom. The molecule has 1 aromatic carbocycles. The number of esters is 1. The molecule has 324 valence electrons. The second-order valence-corrected chi connectivity index (χ2v) is 16.6. The molecule has 2 bridgehead atoms. The number of oxime groups is 1. The number of likely N-dealkylation sites (N-methyl/N-ethyl adjacent to an activating group) is 1. The van der Waals surface area contributed by atoms with Crippen LogP contribution in [0.15, 0.2) is 34.4 Å². The summed E-state index contributed by atoms with van der Waals surface area (Å²) in [7, 11) is 5.27. The minimum Gasteiger partial charge on any atom is -0.459 e. The zero-order valence-electron chi connectivity index (χ0n) is 35.9. The van der Waals surface area contributed by atoms with Gasteiger partial charge in [0, 0.05) is 43.6 Å². The third-order valence-corrected chi connectivity index (χ3v) is 11.6. The predicted octanol–water partition coefficient (Wildman–Crippen LogP) is 3.24. The number of ether oxygens (including phenoxy) is 5. The van der Waals surface area contributed by atoms with Crippen LogP contribution in [-0.2, 0) is 49.5 Å². The SMILES string of the molecule is CC[C@@H]1OC(=O)[C@H](C)C(=O)[C@H](C)[C@@H](O[C@@H]2O[C@H](C)C[C@H](N(C)C)[C@H]2O)[C@@]2(C)C[C@@H](C)C(=NC(C)=O)C[C@H](OC/C(=N/OCc3ccc(C(=O)NC)cc3)CO2)[C@]1(C)O. The molecule has 3 N–H and O–H groups in total. The van der Waals surface area contributed by atoms with Crippen LogP contribution in [0, 0.1) is 17.8 Å². The molecule has 3 heterocycles. The molecule has 0 aromatic heterocycles. The summed E-state index contributed by atoms with van der Waals surface area (Å²) in [6.07, 6.45) is -5.17. The number of rotatable bonds is 8. The van der Waals surface area contributed by atoms with Gasteiger partial charge in [-0.3, -0.25) is 19.2 Å². The van der Waals surface area contributed by atoms with Crippen molar-refractivity contribution in [3.8, 4) is 0 Å². The number of cyclic esters (lactones) is 1. The lowest BCUT2D eigenvalue weighted by molar-refractivity contribution is -0.296. The summed E-state index contributed by atoms with van der Waals surface area (Å²) in [5.74, 6) is -4.85. The molecule has 0 radical (unpaired) electrons. The number of hydrogen-bond acceptors (Lipinski definition) is 14. The highest BCUT2D eigenvalue weighted by molar-refractivity contribution is 6.00. The average Bonchev–Trinajstić information content (AvgIpc) is 3.19. The van der Waals surface area contributed by atoms with Crippen LogP contribution in [0.3, 0.4) is 0 Å². The molecule has 58 heavy (non-hydrogen) atoms. The summed E-state index contributed by atoms with van der Waals surface area (Å²) in [6.45, 7) is 12.8. The van der Waals surface area contributed by atoms with Gasteiger partial charge < -0.3 is 49.0 Å². The molecule has 16 nitrogen and oxygen atoms in total. The number of nitrogens with zero attached hydrogens (tertiary/aromatic N) is 3. The quantitative estimate of drug-likeness (QED) is 0.196. The smallest absolute Gasteiger partial charge is 0.316 e. The predicted molar refractivity (Wildman–Crippen MR) is 214 cm³/mol. The second kappa shape index (κ2) is 20.1. The number of Topliss-reactive ketones (excluding diaryl/α,β-unsaturated/α-hetero) is 1. The Morgan fingerprint density at radius 2 is 1.74 bits per heavy atom. The van der Waals surface area contributed by atoms with Gasteiger partial charge >= 0.3 is 5.97 Å². The van der Waals surface area contributed by atoms with E-state index in [1.807, 2.05) is 32.8 Å². The number of hydrogen-bond donors (Lipinski definition) is 3. The third kappa shape index (κ3) is 11.3. The lowest BCUT2D eigenvalue weighted by atomic mass is 9.76. The van der Waals surface area contributed by atoms with Gasteiger partial charge in [-0.25, -0.2) is 4.99 Å². The van der Waals surface area contributed by atoms with Crippen LogP contribution >= 0.6 is 0 Å². The lowest BCUT2D eigenvalue weighted by Gasteiger charge is -2.47. The van der Waals surface area contributed by atoms with Crippen LogP contribution < -0.4 is 5.32 Å². The maximum atomic E-state index is 14.4. The van der Waals surface area contributed by atoms with Crippen molar-refractivity contribution in [3.63, 3.8) is 0 Å². The average molecular weight is 817 g/mol. The van der Waals surface area contributed by atoms with Gasteiger partial charge in [-0.2, -0.15) is 0 Å². The van der Waals surface area contributed by atoms with Crippen LogP contribution in [0.5, 0.6) is 0 Å². The van der Waals surface area contributed by atoms with Crippen LogP contribution in [-0.4, -0.2) is 139 Å². The van der Waals surface area contributed by atoms with Crippen molar-refractivity contribution in [2.75, 3.05) is 34.4 Å². The van der Waals surface area contributed by atoms with Crippen molar-refractivity contribution in [2.24, 2.45) is 27.9 Å². The van der Waals surface area contributed by atoms with E-state index in [-0.39, 0.29) is 62.8 Å². The molecule has 0 spiro atoms. The number of amides is 2. The molecule has 3 fully saturated rings. The monoisotopic (exact) mass is 816 g/mol. The first-order valence-corrected chi connectivity index (χ1v) is 20.2. The maximum absolute atomic E-state index is 14.4. The Balaban J connectivity index is 1.88. The summed E-state index contributed by atoms with van der Waals surface area (Å²) in [5.41, 5.74) is -1.35. The molecule has 4 rings (SSSR count). The van der Waals surface area contributed by atoms with E-state index in [1.165, 1.54) is 20.8 Å². The molecular weight excluding hydrogens is 752 g/mol. The van der Waals surface area contributed by atoms with Gasteiger partial charge in [0.25, 0.3) is 5.91 Å². The maximum Gasteiger partial charge on any atom is 0.316 e. The number of benzene rings is 1. The fourth-order valence-corrected chi connectivity index (χ4v) is 8.12. The molecule has 0 saturated carbocycles. The molecular formula is C42H64N4O12. The van der Waals surface area contributed by atoms with Gasteiger partial charge in [0.1, 0.15) is 36.0 Å². The lowest BCUT2D eigenvalue weighted by Crippen LogP contribution is -2.59. The normalized spacial score (nSPS) is 37.1. The second-order valence-electron chi connectivity index (χ2n) is 16.6. The van der Waals surface area contributed by atoms with Crippen LogP contribution in [0.1, 0.15) is 97.0 Å². The number of aliphatic imine (C=N–C) groups is 1. The van der Waals surface area contributed by atoms with Crippen molar-refractivity contribution in [1.29, 1.82) is 0 Å². The molecule has 3 aliphatic heterocycles. The highest BCUT2D eigenvalue weighted by Crippen LogP contribution is 2.39. The summed E-state index contributed by atoms with van der Waals surface area (Å²) in [4.78, 5) is 65.0. The number of carbonyl (C=O) groups excluding carboxylic acids is 4. The third-order valence-electron chi connectivity index (χ3n) is 11.6. The number of fused-ring (bicyclic) bond motifs is 5. The number of carbonyl (C=O) groups is 4. The van der Waals surface area contributed by atoms with E-state index in [4.69, 9.17) is 28.5 Å². The van der Waals surface area contributed by atoms with Gasteiger partial charge in [-0.15, -0.1) is 0 Å². The Morgan fingerprint density at radius 1 is 1.07 bits per heavy atom. The zero-order chi connectivity index (χ0) is 43.1. The fraction of sp³-hybridized carbons (Fsp3) is 0.714. The van der Waals surface area contributed by atoms with Crippen molar-refractivity contribution in [1.82, 2.24) is 10.2 Å². The first-order valence-electron chi connectivity index (χ1n) is 20.2. The molecule has 1 aromatic rings. The van der Waals surface area contributed by atoms with Gasteiger partial charge in [-0.05, 0) is 84.7 Å². The zero-order valence-corrected chi connectivity index (χ0v) is 35.9. The van der Waals surface area contributed by atoms with Gasteiger partial charge in [0.15, 0.2) is 12.1 Å². The Bertz CT molecular complexity index is 1670. The van der Waals surface area contributed by atoms with E-state index in [2.05, 4.69) is 15.5 Å². The van der Waals surface area contributed by atoms with Gasteiger partial charge in [0.05, 0.1) is 37.1 Å². The van der Waals surface area contributed by atoms with Gasteiger partial charge in [-0.1, -0.05) is 38.1 Å². The number of nitrogens with one attached hydrogen (secondary N) is 1. The van der Waals surface area contributed by atoms with E-state index in [9.17, 15) is 29.4 Å². The Labute approximate surface area is 342 Å². The highest BCUT2D eigenvalue weighted by atomic mass is 16.7. The van der Waals surface area contributed by atoms with Crippen molar-refractivity contribution >= 4 is 35.0 Å². The first-order chi connectivity index (χ1) is 27.2. The number of aliphatic hydroxyl groups is 2. The molecule has 0 aliphatic carbocycles. The van der Waals surface area contributed by atoms with Gasteiger partial charge in [0.2, 0.25) is 5.91 Å². The largest absolute Gasteiger partial charge is 0.459 e. The Hall–Kier alpha value is -3.64. The number of ketones is 1. The van der Waals surface area contributed by atoms with E-state index in [0.29, 0.717) is 17.7 Å². The topological polar surface area (TPSA) is 204 Å². The molecule has 3 aliphatic rings. The van der Waals surface area contributed by atoms with E-state index < -0.39 is 77.3 Å². The van der Waals surface area contributed by atoms with Crippen LogP contribution in [0.2, 0.25) is 0 Å². The summed E-state index contributed by atoms with van der Waals surface area (Å²) in [5, 5.41) is 30.8. The first kappa shape index (κ1) is 47.0. The highest BCUT2D eigenvalue weighted by Gasteiger charge is 2.51. The molecule has 3 saturated heterocycles. The fourth-order valence-electron chi connectivity index (χ4n) is 8.12. The molecule has 2 amide bonds. The van der Waals surface area contributed by atoms with E-state index in [0.717, 1.165) is 5.56 Å². The van der Waals surface area contributed by atoms with Crippen LogP contribution in [0.25, 0.3) is 0 Å². The van der Waals surface area contributed by atoms with Crippen molar-refractivity contribution in [2.45, 2.75) is 142 Å². The number of aliphatic hydroxyl groups excluding tert-OH is 1. The summed E-state index contributed by atoms with van der Waals surface area (Å²) in [6, 6.07) is 6.51.